The number of fused-ring (bicyclic) bond motifs is 1. The summed E-state index contributed by atoms with van der Waals surface area (Å²) in [7, 11) is 1.67. The first-order valence-electron chi connectivity index (χ1n) is 6.35. The number of ether oxygens (including phenoxy) is 1. The van der Waals surface area contributed by atoms with Gasteiger partial charge in [0.2, 0.25) is 0 Å². The number of methoxy groups -OCH3 is 1. The van der Waals surface area contributed by atoms with Gasteiger partial charge in [-0.2, -0.15) is 0 Å². The summed E-state index contributed by atoms with van der Waals surface area (Å²) in [5.41, 5.74) is 8.92. The molecule has 1 heterocycles. The smallest absolute Gasteiger partial charge is 0.123 e. The number of nitrogens with two attached hydrogens (primary N) is 1. The molecule has 20 heavy (non-hydrogen) atoms. The molecule has 2 aromatic carbocycles. The van der Waals surface area contributed by atoms with Crippen molar-refractivity contribution in [3.63, 3.8) is 0 Å². The molecule has 0 aliphatic carbocycles. The maximum Gasteiger partial charge on any atom is 0.123 e. The summed E-state index contributed by atoms with van der Waals surface area (Å²) in [5, 5.41) is 1.77. The average Bonchev–Trinajstić information content (AvgIpc) is 2.84. The van der Waals surface area contributed by atoms with Crippen LogP contribution in [0.4, 0.5) is 5.69 Å². The van der Waals surface area contributed by atoms with Gasteiger partial charge in [-0.25, -0.2) is 0 Å². The number of aromatic nitrogens is 1. The molecule has 3 rings (SSSR count). The van der Waals surface area contributed by atoms with E-state index in [1.807, 2.05) is 42.6 Å². The Labute approximate surface area is 122 Å². The maximum atomic E-state index is 6.07. The molecule has 0 aliphatic heterocycles. The molecule has 3 aromatic rings. The molecule has 4 heteroatoms. The Morgan fingerprint density at radius 2 is 2.05 bits per heavy atom. The molecule has 3 nitrogen and oxygen atoms in total. The predicted octanol–water partition coefficient (Wildman–Crippen LogP) is 3.93. The van der Waals surface area contributed by atoms with Crippen LogP contribution in [-0.2, 0) is 6.54 Å². The summed E-state index contributed by atoms with van der Waals surface area (Å²) in [6, 6.07) is 13.6. The van der Waals surface area contributed by atoms with E-state index < -0.39 is 0 Å². The van der Waals surface area contributed by atoms with Crippen molar-refractivity contribution in [2.24, 2.45) is 0 Å². The number of nitrogen functional groups attached to an aromatic ring is 1. The van der Waals surface area contributed by atoms with Gasteiger partial charge in [0.15, 0.2) is 0 Å². The number of hydrogen-bond acceptors (Lipinski definition) is 2. The SMILES string of the molecule is COc1ccc(Cl)cc1Cn1ccc2c(N)cccc21. The van der Waals surface area contributed by atoms with Crippen LogP contribution >= 0.6 is 11.6 Å². The van der Waals surface area contributed by atoms with Gasteiger partial charge in [-0.05, 0) is 36.4 Å². The zero-order valence-corrected chi connectivity index (χ0v) is 11.9. The Bertz CT molecular complexity index is 764. The Morgan fingerprint density at radius 1 is 1.20 bits per heavy atom. The fraction of sp³-hybridized carbons (Fsp3) is 0.125. The van der Waals surface area contributed by atoms with Crippen molar-refractivity contribution in [3.8, 4) is 5.75 Å². The second-order valence-corrected chi connectivity index (χ2v) is 5.12. The number of hydrogen-bond donors (Lipinski definition) is 1. The molecule has 0 fully saturated rings. The molecular formula is C16H15ClN2O. The Hall–Kier alpha value is -2.13. The predicted molar refractivity (Wildman–Crippen MR) is 83.5 cm³/mol. The lowest BCUT2D eigenvalue weighted by molar-refractivity contribution is 0.408. The van der Waals surface area contributed by atoms with Crippen molar-refractivity contribution in [2.45, 2.75) is 6.54 Å². The third-order valence-corrected chi connectivity index (χ3v) is 3.67. The van der Waals surface area contributed by atoms with Crippen LogP contribution in [0.1, 0.15) is 5.56 Å². The van der Waals surface area contributed by atoms with E-state index in [0.717, 1.165) is 27.9 Å². The first-order valence-corrected chi connectivity index (χ1v) is 6.72. The summed E-state index contributed by atoms with van der Waals surface area (Å²) in [5.74, 6) is 0.833. The highest BCUT2D eigenvalue weighted by Gasteiger charge is 2.08. The third-order valence-electron chi connectivity index (χ3n) is 3.43. The van der Waals surface area contributed by atoms with Crippen molar-refractivity contribution >= 4 is 28.2 Å². The molecule has 0 bridgehead atoms. The first kappa shape index (κ1) is 12.9. The second kappa shape index (κ2) is 5.10. The molecule has 2 N–H and O–H groups in total. The van der Waals surface area contributed by atoms with E-state index in [4.69, 9.17) is 22.1 Å². The Kier molecular flexibility index (Phi) is 3.28. The normalized spacial score (nSPS) is 10.9. The highest BCUT2D eigenvalue weighted by molar-refractivity contribution is 6.30. The minimum atomic E-state index is 0.691. The lowest BCUT2D eigenvalue weighted by Gasteiger charge is -2.11. The highest BCUT2D eigenvalue weighted by atomic mass is 35.5. The number of halogens is 1. The zero-order valence-electron chi connectivity index (χ0n) is 11.1. The topological polar surface area (TPSA) is 40.2 Å². The standard InChI is InChI=1S/C16H15ClN2O/c1-20-16-6-5-12(17)9-11(16)10-19-8-7-13-14(18)3-2-4-15(13)19/h2-9H,10,18H2,1H3. The van der Waals surface area contributed by atoms with E-state index >= 15 is 0 Å². The van der Waals surface area contributed by atoms with E-state index in [9.17, 15) is 0 Å². The molecular weight excluding hydrogens is 272 g/mol. The van der Waals surface area contributed by atoms with Crippen molar-refractivity contribution in [3.05, 3.63) is 59.2 Å². The van der Waals surface area contributed by atoms with Crippen LogP contribution in [0.15, 0.2) is 48.7 Å². The first-order chi connectivity index (χ1) is 9.69. The van der Waals surface area contributed by atoms with Gasteiger partial charge in [0.1, 0.15) is 5.75 Å². The van der Waals surface area contributed by atoms with Crippen molar-refractivity contribution < 1.29 is 4.74 Å². The highest BCUT2D eigenvalue weighted by Crippen LogP contribution is 2.27. The molecule has 102 valence electrons. The summed E-state index contributed by atoms with van der Waals surface area (Å²) < 4.78 is 7.53. The molecule has 0 unspecified atom stereocenters. The third kappa shape index (κ3) is 2.21. The van der Waals surface area contributed by atoms with Gasteiger partial charge >= 0.3 is 0 Å². The van der Waals surface area contributed by atoms with E-state index in [1.165, 1.54) is 0 Å². The zero-order chi connectivity index (χ0) is 14.1. The van der Waals surface area contributed by atoms with Crippen molar-refractivity contribution in [2.75, 3.05) is 12.8 Å². The summed E-state index contributed by atoms with van der Waals surface area (Å²) in [6.07, 6.45) is 2.03. The van der Waals surface area contributed by atoms with Crippen LogP contribution in [0.5, 0.6) is 5.75 Å². The Morgan fingerprint density at radius 3 is 2.85 bits per heavy atom. The second-order valence-electron chi connectivity index (χ2n) is 4.68. The number of benzene rings is 2. The molecule has 0 atom stereocenters. The minimum absolute atomic E-state index is 0.691. The fourth-order valence-electron chi connectivity index (χ4n) is 2.44. The summed E-state index contributed by atoms with van der Waals surface area (Å²) in [6.45, 7) is 0.691. The summed E-state index contributed by atoms with van der Waals surface area (Å²) >= 11 is 6.07. The van der Waals surface area contributed by atoms with Crippen LogP contribution in [0.3, 0.4) is 0 Å². The summed E-state index contributed by atoms with van der Waals surface area (Å²) in [4.78, 5) is 0. The molecule has 0 aliphatic rings. The van der Waals surface area contributed by atoms with Gasteiger partial charge in [-0.1, -0.05) is 17.7 Å². The van der Waals surface area contributed by atoms with E-state index in [2.05, 4.69) is 10.6 Å². The number of nitrogens with zero attached hydrogens (tertiary/aromatic N) is 1. The van der Waals surface area contributed by atoms with Gasteiger partial charge < -0.3 is 15.0 Å². The minimum Gasteiger partial charge on any atom is -0.496 e. The lowest BCUT2D eigenvalue weighted by Crippen LogP contribution is -2.00. The largest absolute Gasteiger partial charge is 0.496 e. The quantitative estimate of drug-likeness (QED) is 0.741. The van der Waals surface area contributed by atoms with Crippen molar-refractivity contribution in [1.29, 1.82) is 0 Å². The van der Waals surface area contributed by atoms with Crippen LogP contribution in [0, 0.1) is 0 Å². The van der Waals surface area contributed by atoms with Gasteiger partial charge in [-0.15, -0.1) is 0 Å². The number of rotatable bonds is 3. The molecule has 1 aromatic heterocycles. The van der Waals surface area contributed by atoms with Crippen LogP contribution in [0.2, 0.25) is 5.02 Å². The van der Waals surface area contributed by atoms with Crippen LogP contribution in [-0.4, -0.2) is 11.7 Å². The molecule has 0 saturated heterocycles. The molecule has 0 spiro atoms. The van der Waals surface area contributed by atoms with E-state index in [0.29, 0.717) is 11.6 Å². The molecule has 0 amide bonds. The van der Waals surface area contributed by atoms with E-state index in [1.54, 1.807) is 7.11 Å². The fourth-order valence-corrected chi connectivity index (χ4v) is 2.63. The Balaban J connectivity index is 2.06. The van der Waals surface area contributed by atoms with Gasteiger partial charge in [-0.3, -0.25) is 0 Å². The number of anilines is 1. The van der Waals surface area contributed by atoms with Gasteiger partial charge in [0, 0.05) is 27.9 Å². The van der Waals surface area contributed by atoms with Gasteiger partial charge in [0.25, 0.3) is 0 Å². The maximum absolute atomic E-state index is 6.07. The monoisotopic (exact) mass is 286 g/mol. The molecule has 0 saturated carbocycles. The van der Waals surface area contributed by atoms with Crippen LogP contribution in [0.25, 0.3) is 10.9 Å². The van der Waals surface area contributed by atoms with Crippen molar-refractivity contribution in [1.82, 2.24) is 4.57 Å². The van der Waals surface area contributed by atoms with E-state index in [-0.39, 0.29) is 0 Å². The lowest BCUT2D eigenvalue weighted by atomic mass is 10.2. The average molecular weight is 287 g/mol. The van der Waals surface area contributed by atoms with Crippen LogP contribution < -0.4 is 10.5 Å². The van der Waals surface area contributed by atoms with Gasteiger partial charge in [0.05, 0.1) is 19.2 Å². The molecule has 0 radical (unpaired) electrons.